The summed E-state index contributed by atoms with van der Waals surface area (Å²) in [6.07, 6.45) is 4.54. The minimum Gasteiger partial charge on any atom is -0.355 e. The lowest BCUT2D eigenvalue weighted by atomic mass is 10.1. The molecule has 5 nitrogen and oxygen atoms in total. The van der Waals surface area contributed by atoms with E-state index in [9.17, 15) is 9.59 Å². The van der Waals surface area contributed by atoms with Crippen LogP contribution in [0.25, 0.3) is 0 Å². The predicted molar refractivity (Wildman–Crippen MR) is 83.6 cm³/mol. The standard InChI is InChI=1S/C16H23N3O2/c1-12-11-13(15(20)17-2)7-8-14(12)18-16(21)19-9-5-3-4-6-10-19/h7-8,11H,3-6,9-10H2,1-2H3,(H,17,20)(H,18,21). The molecule has 0 saturated carbocycles. The number of nitrogens with zero attached hydrogens (tertiary/aromatic N) is 1. The van der Waals surface area contributed by atoms with E-state index in [1.54, 1.807) is 25.2 Å². The maximum atomic E-state index is 12.3. The van der Waals surface area contributed by atoms with E-state index in [0.29, 0.717) is 5.56 Å². The Kier molecular flexibility index (Phi) is 5.20. The highest BCUT2D eigenvalue weighted by molar-refractivity contribution is 5.96. The summed E-state index contributed by atoms with van der Waals surface area (Å²) in [5.74, 6) is -0.122. The summed E-state index contributed by atoms with van der Waals surface area (Å²) in [6.45, 7) is 3.53. The molecular formula is C16H23N3O2. The maximum Gasteiger partial charge on any atom is 0.321 e. The van der Waals surface area contributed by atoms with Gasteiger partial charge < -0.3 is 15.5 Å². The summed E-state index contributed by atoms with van der Waals surface area (Å²) in [6, 6.07) is 5.25. The molecule has 1 heterocycles. The zero-order valence-electron chi connectivity index (χ0n) is 12.7. The number of rotatable bonds is 2. The zero-order chi connectivity index (χ0) is 15.2. The SMILES string of the molecule is CNC(=O)c1ccc(NC(=O)N2CCCCCC2)c(C)c1. The normalized spacial score (nSPS) is 15.2. The van der Waals surface area contributed by atoms with Gasteiger partial charge in [-0.25, -0.2) is 4.79 Å². The number of anilines is 1. The first-order chi connectivity index (χ1) is 10.1. The molecule has 114 valence electrons. The fourth-order valence-corrected chi connectivity index (χ4v) is 2.56. The molecule has 0 unspecified atom stereocenters. The summed E-state index contributed by atoms with van der Waals surface area (Å²) >= 11 is 0. The summed E-state index contributed by atoms with van der Waals surface area (Å²) in [5.41, 5.74) is 2.25. The van der Waals surface area contributed by atoms with Crippen molar-refractivity contribution in [2.45, 2.75) is 32.6 Å². The van der Waals surface area contributed by atoms with Crippen molar-refractivity contribution in [3.8, 4) is 0 Å². The van der Waals surface area contributed by atoms with E-state index in [1.807, 2.05) is 11.8 Å². The Morgan fingerprint density at radius 2 is 1.76 bits per heavy atom. The minimum absolute atomic E-state index is 0.0484. The molecule has 21 heavy (non-hydrogen) atoms. The van der Waals surface area contributed by atoms with E-state index in [2.05, 4.69) is 10.6 Å². The number of urea groups is 1. The van der Waals surface area contributed by atoms with E-state index < -0.39 is 0 Å². The predicted octanol–water partition coefficient (Wildman–Crippen LogP) is 2.76. The average molecular weight is 289 g/mol. The van der Waals surface area contributed by atoms with Crippen molar-refractivity contribution < 1.29 is 9.59 Å². The monoisotopic (exact) mass is 289 g/mol. The van der Waals surface area contributed by atoms with Crippen LogP contribution in [0.1, 0.15) is 41.6 Å². The first-order valence-electron chi connectivity index (χ1n) is 7.50. The van der Waals surface area contributed by atoms with Crippen molar-refractivity contribution in [2.24, 2.45) is 0 Å². The van der Waals surface area contributed by atoms with Crippen LogP contribution in [0.4, 0.5) is 10.5 Å². The first kappa shape index (κ1) is 15.4. The van der Waals surface area contributed by atoms with Gasteiger partial charge >= 0.3 is 6.03 Å². The van der Waals surface area contributed by atoms with Crippen molar-refractivity contribution in [2.75, 3.05) is 25.5 Å². The second kappa shape index (κ2) is 7.11. The highest BCUT2D eigenvalue weighted by Crippen LogP contribution is 2.18. The highest BCUT2D eigenvalue weighted by atomic mass is 16.2. The quantitative estimate of drug-likeness (QED) is 0.879. The molecule has 1 fully saturated rings. The van der Waals surface area contributed by atoms with E-state index in [1.165, 1.54) is 12.8 Å². The third kappa shape index (κ3) is 3.97. The van der Waals surface area contributed by atoms with Crippen molar-refractivity contribution in [1.29, 1.82) is 0 Å². The molecule has 0 radical (unpaired) electrons. The molecule has 0 bridgehead atoms. The lowest BCUT2D eigenvalue weighted by molar-refractivity contribution is 0.0963. The van der Waals surface area contributed by atoms with Crippen molar-refractivity contribution in [1.82, 2.24) is 10.2 Å². The van der Waals surface area contributed by atoms with Gasteiger partial charge in [-0.1, -0.05) is 12.8 Å². The number of likely N-dealkylation sites (tertiary alicyclic amines) is 1. The van der Waals surface area contributed by atoms with Crippen LogP contribution in [-0.4, -0.2) is 37.0 Å². The molecule has 1 saturated heterocycles. The van der Waals surface area contributed by atoms with E-state index in [0.717, 1.165) is 37.2 Å². The van der Waals surface area contributed by atoms with Crippen molar-refractivity contribution in [3.63, 3.8) is 0 Å². The molecular weight excluding hydrogens is 266 g/mol. The second-order valence-corrected chi connectivity index (χ2v) is 5.44. The van der Waals surface area contributed by atoms with Crippen LogP contribution in [0.2, 0.25) is 0 Å². The largest absolute Gasteiger partial charge is 0.355 e. The summed E-state index contributed by atoms with van der Waals surface area (Å²) < 4.78 is 0. The van der Waals surface area contributed by atoms with Crippen LogP contribution < -0.4 is 10.6 Å². The number of hydrogen-bond acceptors (Lipinski definition) is 2. The number of aryl methyl sites for hydroxylation is 1. The molecule has 1 aromatic rings. The second-order valence-electron chi connectivity index (χ2n) is 5.44. The summed E-state index contributed by atoms with van der Waals surface area (Å²) in [7, 11) is 1.60. The van der Waals surface area contributed by atoms with Gasteiger partial charge in [-0.3, -0.25) is 4.79 Å². The van der Waals surface area contributed by atoms with Gasteiger partial charge in [-0.05, 0) is 43.5 Å². The average Bonchev–Trinajstić information content (AvgIpc) is 2.77. The van der Waals surface area contributed by atoms with Gasteiger partial charge in [0.25, 0.3) is 5.91 Å². The van der Waals surface area contributed by atoms with Crippen LogP contribution in [0.3, 0.4) is 0 Å². The minimum atomic E-state index is -0.122. The smallest absolute Gasteiger partial charge is 0.321 e. The lowest BCUT2D eigenvalue weighted by Gasteiger charge is -2.21. The Balaban J connectivity index is 2.05. The zero-order valence-corrected chi connectivity index (χ0v) is 12.7. The molecule has 3 amide bonds. The third-order valence-corrected chi connectivity index (χ3v) is 3.85. The van der Waals surface area contributed by atoms with Crippen LogP contribution in [0, 0.1) is 6.92 Å². The molecule has 5 heteroatoms. The van der Waals surface area contributed by atoms with Crippen LogP contribution in [0.5, 0.6) is 0 Å². The van der Waals surface area contributed by atoms with E-state index in [4.69, 9.17) is 0 Å². The van der Waals surface area contributed by atoms with Gasteiger partial charge in [-0.2, -0.15) is 0 Å². The summed E-state index contributed by atoms with van der Waals surface area (Å²) in [5, 5.41) is 5.54. The van der Waals surface area contributed by atoms with Gasteiger partial charge in [-0.15, -0.1) is 0 Å². The number of benzene rings is 1. The topological polar surface area (TPSA) is 61.4 Å². The number of carbonyl (C=O) groups is 2. The van der Waals surface area contributed by atoms with Gasteiger partial charge in [0.2, 0.25) is 0 Å². The van der Waals surface area contributed by atoms with Crippen molar-refractivity contribution >= 4 is 17.6 Å². The number of hydrogen-bond donors (Lipinski definition) is 2. The van der Waals surface area contributed by atoms with Crippen LogP contribution in [-0.2, 0) is 0 Å². The molecule has 0 atom stereocenters. The maximum absolute atomic E-state index is 12.3. The molecule has 0 aromatic heterocycles. The molecule has 1 aromatic carbocycles. The fourth-order valence-electron chi connectivity index (χ4n) is 2.56. The lowest BCUT2D eigenvalue weighted by Crippen LogP contribution is -2.35. The Bertz CT molecular complexity index is 520. The van der Waals surface area contributed by atoms with Gasteiger partial charge in [0.1, 0.15) is 0 Å². The molecule has 2 rings (SSSR count). The first-order valence-corrected chi connectivity index (χ1v) is 7.50. The Morgan fingerprint density at radius 3 is 2.33 bits per heavy atom. The number of nitrogens with one attached hydrogen (secondary N) is 2. The third-order valence-electron chi connectivity index (χ3n) is 3.85. The molecule has 0 spiro atoms. The van der Waals surface area contributed by atoms with E-state index in [-0.39, 0.29) is 11.9 Å². The van der Waals surface area contributed by atoms with Gasteiger partial charge in [0.15, 0.2) is 0 Å². The Hall–Kier alpha value is -2.04. The van der Waals surface area contributed by atoms with Gasteiger partial charge in [0, 0.05) is 31.4 Å². The molecule has 2 N–H and O–H groups in total. The molecule has 0 aliphatic carbocycles. The Morgan fingerprint density at radius 1 is 1.10 bits per heavy atom. The van der Waals surface area contributed by atoms with Crippen LogP contribution >= 0.6 is 0 Å². The number of amides is 3. The highest BCUT2D eigenvalue weighted by Gasteiger charge is 2.16. The van der Waals surface area contributed by atoms with E-state index >= 15 is 0 Å². The molecule has 1 aliphatic rings. The fraction of sp³-hybridized carbons (Fsp3) is 0.500. The molecule has 1 aliphatic heterocycles. The van der Waals surface area contributed by atoms with Crippen molar-refractivity contribution in [3.05, 3.63) is 29.3 Å². The number of carbonyl (C=O) groups excluding carboxylic acids is 2. The van der Waals surface area contributed by atoms with Crippen LogP contribution in [0.15, 0.2) is 18.2 Å². The summed E-state index contributed by atoms with van der Waals surface area (Å²) in [4.78, 5) is 25.7. The van der Waals surface area contributed by atoms with Gasteiger partial charge in [0.05, 0.1) is 0 Å². The Labute approximate surface area is 125 Å².